The summed E-state index contributed by atoms with van der Waals surface area (Å²) in [6, 6.07) is 5.83. The standard InChI is InChI=1S/C16H21BrFN/c1-19-15(13-8-10-5-6-11(13)7-10)9-12-3-2-4-14(18)16(12)17/h2-4,10-11,13,15,19H,5-9H2,1H3. The van der Waals surface area contributed by atoms with E-state index in [-0.39, 0.29) is 5.82 Å². The van der Waals surface area contributed by atoms with Crippen molar-refractivity contribution in [2.75, 3.05) is 7.05 Å². The molecule has 4 atom stereocenters. The number of nitrogens with one attached hydrogen (secondary N) is 1. The van der Waals surface area contributed by atoms with Crippen molar-refractivity contribution < 1.29 is 4.39 Å². The summed E-state index contributed by atoms with van der Waals surface area (Å²) in [6.45, 7) is 0. The summed E-state index contributed by atoms with van der Waals surface area (Å²) in [5, 5.41) is 3.48. The zero-order valence-electron chi connectivity index (χ0n) is 11.3. The summed E-state index contributed by atoms with van der Waals surface area (Å²) in [5.41, 5.74) is 1.09. The molecule has 1 N–H and O–H groups in total. The second kappa shape index (κ2) is 5.53. The van der Waals surface area contributed by atoms with Crippen LogP contribution in [0, 0.1) is 23.6 Å². The van der Waals surface area contributed by atoms with Gasteiger partial charge < -0.3 is 5.32 Å². The van der Waals surface area contributed by atoms with Gasteiger partial charge in [-0.3, -0.25) is 0 Å². The highest BCUT2D eigenvalue weighted by Gasteiger charge is 2.42. The van der Waals surface area contributed by atoms with Crippen LogP contribution in [0.2, 0.25) is 0 Å². The van der Waals surface area contributed by atoms with E-state index >= 15 is 0 Å². The van der Waals surface area contributed by atoms with Crippen LogP contribution in [0.3, 0.4) is 0 Å². The molecular formula is C16H21BrFN. The molecule has 0 radical (unpaired) electrons. The van der Waals surface area contributed by atoms with Gasteiger partial charge in [0.05, 0.1) is 4.47 Å². The minimum Gasteiger partial charge on any atom is -0.316 e. The molecule has 2 fully saturated rings. The molecule has 4 unspecified atom stereocenters. The van der Waals surface area contributed by atoms with Gasteiger partial charge >= 0.3 is 0 Å². The van der Waals surface area contributed by atoms with Gasteiger partial charge in [-0.25, -0.2) is 4.39 Å². The summed E-state index contributed by atoms with van der Waals surface area (Å²) in [5.74, 6) is 2.48. The topological polar surface area (TPSA) is 12.0 Å². The molecule has 1 aromatic rings. The van der Waals surface area contributed by atoms with Crippen molar-refractivity contribution in [2.45, 2.75) is 38.1 Å². The first kappa shape index (κ1) is 13.6. The van der Waals surface area contributed by atoms with Gasteiger partial charge in [-0.2, -0.15) is 0 Å². The third kappa shape index (κ3) is 2.59. The van der Waals surface area contributed by atoms with Crippen molar-refractivity contribution in [3.05, 3.63) is 34.1 Å². The highest BCUT2D eigenvalue weighted by Crippen LogP contribution is 2.50. The van der Waals surface area contributed by atoms with Crippen LogP contribution in [0.25, 0.3) is 0 Å². The van der Waals surface area contributed by atoms with Gasteiger partial charge in [-0.15, -0.1) is 0 Å². The van der Waals surface area contributed by atoms with Gasteiger partial charge in [-0.1, -0.05) is 18.6 Å². The first-order valence-corrected chi connectivity index (χ1v) is 8.08. The molecular weight excluding hydrogens is 305 g/mol. The zero-order chi connectivity index (χ0) is 13.4. The van der Waals surface area contributed by atoms with Crippen molar-refractivity contribution in [3.8, 4) is 0 Å². The van der Waals surface area contributed by atoms with E-state index in [1.807, 2.05) is 19.2 Å². The van der Waals surface area contributed by atoms with Crippen LogP contribution in [0.5, 0.6) is 0 Å². The van der Waals surface area contributed by atoms with Crippen molar-refractivity contribution in [3.63, 3.8) is 0 Å². The largest absolute Gasteiger partial charge is 0.316 e. The molecule has 2 aliphatic rings. The fraction of sp³-hybridized carbons (Fsp3) is 0.625. The van der Waals surface area contributed by atoms with Crippen molar-refractivity contribution in [1.82, 2.24) is 5.32 Å². The lowest BCUT2D eigenvalue weighted by atomic mass is 9.81. The monoisotopic (exact) mass is 325 g/mol. The predicted octanol–water partition coefficient (Wildman–Crippen LogP) is 4.15. The maximum absolute atomic E-state index is 13.6. The molecule has 1 nitrogen and oxygen atoms in total. The van der Waals surface area contributed by atoms with Crippen LogP contribution in [-0.4, -0.2) is 13.1 Å². The molecule has 0 heterocycles. The Bertz CT molecular complexity index is 462. The fourth-order valence-electron chi connectivity index (χ4n) is 4.20. The van der Waals surface area contributed by atoms with Crippen LogP contribution >= 0.6 is 15.9 Å². The Kier molecular flexibility index (Phi) is 3.95. The molecule has 0 aromatic heterocycles. The average molecular weight is 326 g/mol. The Morgan fingerprint density at radius 1 is 1.37 bits per heavy atom. The van der Waals surface area contributed by atoms with Crippen LogP contribution in [0.1, 0.15) is 31.2 Å². The second-order valence-corrected chi connectivity index (χ2v) is 6.94. The van der Waals surface area contributed by atoms with Gasteiger partial charge in [0.1, 0.15) is 5.82 Å². The number of benzene rings is 1. The van der Waals surface area contributed by atoms with Crippen LogP contribution in [0.4, 0.5) is 4.39 Å². The molecule has 0 amide bonds. The van der Waals surface area contributed by atoms with E-state index in [2.05, 4.69) is 21.2 Å². The van der Waals surface area contributed by atoms with Crippen LogP contribution < -0.4 is 5.32 Å². The fourth-order valence-corrected chi connectivity index (χ4v) is 4.62. The number of halogens is 2. The summed E-state index contributed by atoms with van der Waals surface area (Å²) in [7, 11) is 2.05. The highest BCUT2D eigenvalue weighted by atomic mass is 79.9. The van der Waals surface area contributed by atoms with Crippen molar-refractivity contribution in [2.24, 2.45) is 17.8 Å². The SMILES string of the molecule is CNC(Cc1cccc(F)c1Br)C1CC2CCC1C2. The number of likely N-dealkylation sites (N-methyl/N-ethyl adjacent to an activating group) is 1. The Balaban J connectivity index is 1.75. The first-order chi connectivity index (χ1) is 9.19. The van der Waals surface area contributed by atoms with Gasteiger partial charge in [0, 0.05) is 6.04 Å². The first-order valence-electron chi connectivity index (χ1n) is 7.29. The molecule has 0 aliphatic heterocycles. The maximum atomic E-state index is 13.6. The maximum Gasteiger partial charge on any atom is 0.137 e. The normalized spacial score (nSPS) is 30.8. The minimum absolute atomic E-state index is 0.153. The van der Waals surface area contributed by atoms with Gasteiger partial charge in [0.25, 0.3) is 0 Å². The van der Waals surface area contributed by atoms with Gasteiger partial charge in [0.2, 0.25) is 0 Å². The van der Waals surface area contributed by atoms with E-state index < -0.39 is 0 Å². The zero-order valence-corrected chi connectivity index (χ0v) is 12.9. The van der Waals surface area contributed by atoms with Crippen LogP contribution in [0.15, 0.2) is 22.7 Å². The Labute approximate surface area is 123 Å². The Hall–Kier alpha value is -0.410. The van der Waals surface area contributed by atoms with E-state index in [1.54, 1.807) is 0 Å². The lowest BCUT2D eigenvalue weighted by molar-refractivity contribution is 0.255. The van der Waals surface area contributed by atoms with Gasteiger partial charge in [-0.05, 0) is 78.0 Å². The van der Waals surface area contributed by atoms with E-state index in [9.17, 15) is 4.39 Å². The third-order valence-corrected chi connectivity index (χ3v) is 6.04. The molecule has 0 saturated heterocycles. The summed E-state index contributed by atoms with van der Waals surface area (Å²) < 4.78 is 14.2. The quantitative estimate of drug-likeness (QED) is 0.876. The number of fused-ring (bicyclic) bond motifs is 2. The average Bonchev–Trinajstić information content (AvgIpc) is 3.03. The third-order valence-electron chi connectivity index (χ3n) is 5.15. The van der Waals surface area contributed by atoms with Crippen LogP contribution in [-0.2, 0) is 6.42 Å². The van der Waals surface area contributed by atoms with E-state index in [0.717, 1.165) is 29.7 Å². The molecule has 1 aromatic carbocycles. The van der Waals surface area contributed by atoms with Crippen molar-refractivity contribution in [1.29, 1.82) is 0 Å². The predicted molar refractivity (Wildman–Crippen MR) is 79.6 cm³/mol. The summed E-state index contributed by atoms with van der Waals surface area (Å²) in [6.07, 6.45) is 6.54. The number of hydrogen-bond donors (Lipinski definition) is 1. The van der Waals surface area contributed by atoms with Gasteiger partial charge in [0.15, 0.2) is 0 Å². The minimum atomic E-state index is -0.153. The molecule has 2 bridgehead atoms. The molecule has 2 saturated carbocycles. The number of hydrogen-bond acceptors (Lipinski definition) is 1. The smallest absolute Gasteiger partial charge is 0.137 e. The molecule has 2 aliphatic carbocycles. The lowest BCUT2D eigenvalue weighted by Crippen LogP contribution is -2.38. The van der Waals surface area contributed by atoms with E-state index in [4.69, 9.17) is 0 Å². The number of rotatable bonds is 4. The Morgan fingerprint density at radius 2 is 2.21 bits per heavy atom. The highest BCUT2D eigenvalue weighted by molar-refractivity contribution is 9.10. The van der Waals surface area contributed by atoms with Crippen molar-refractivity contribution >= 4 is 15.9 Å². The molecule has 3 heteroatoms. The Morgan fingerprint density at radius 3 is 2.84 bits per heavy atom. The molecule has 19 heavy (non-hydrogen) atoms. The summed E-state index contributed by atoms with van der Waals surface area (Å²) >= 11 is 3.38. The molecule has 3 rings (SSSR count). The molecule has 104 valence electrons. The summed E-state index contributed by atoms with van der Waals surface area (Å²) in [4.78, 5) is 0. The van der Waals surface area contributed by atoms with E-state index in [1.165, 1.54) is 31.7 Å². The second-order valence-electron chi connectivity index (χ2n) is 6.15. The van der Waals surface area contributed by atoms with E-state index in [0.29, 0.717) is 10.5 Å². The molecule has 0 spiro atoms. The lowest BCUT2D eigenvalue weighted by Gasteiger charge is -2.30.